The number of amidine groups is 1. The number of likely N-dealkylation sites (N-methyl/N-ethyl adjacent to an activating group) is 1. The van der Waals surface area contributed by atoms with Crippen LogP contribution in [0.25, 0.3) is 0 Å². The molecule has 0 saturated heterocycles. The van der Waals surface area contributed by atoms with E-state index in [2.05, 4.69) is 13.8 Å². The number of hydrogen-bond donors (Lipinski definition) is 1. The highest BCUT2D eigenvalue weighted by atomic mass is 16.3. The summed E-state index contributed by atoms with van der Waals surface area (Å²) in [7, 11) is 0. The van der Waals surface area contributed by atoms with Gasteiger partial charge in [-0.05, 0) is 13.3 Å². The normalized spacial score (nSPS) is 21.8. The molecule has 3 heteroatoms. The van der Waals surface area contributed by atoms with E-state index in [1.165, 1.54) is 63.6 Å². The van der Waals surface area contributed by atoms with Gasteiger partial charge in [0, 0.05) is 6.42 Å². The molecule has 21 heavy (non-hydrogen) atoms. The topological polar surface area (TPSA) is 32.6 Å². The molecular weight excluding hydrogens is 260 g/mol. The van der Waals surface area contributed by atoms with E-state index in [1.54, 1.807) is 0 Å². The van der Waals surface area contributed by atoms with E-state index >= 15 is 0 Å². The summed E-state index contributed by atoms with van der Waals surface area (Å²) in [6.45, 7) is 8.78. The summed E-state index contributed by atoms with van der Waals surface area (Å²) in [4.78, 5) is 4.72. The molecule has 1 aliphatic rings. The predicted octanol–water partition coefficient (Wildman–Crippen LogP) is 4.15. The quantitative estimate of drug-likeness (QED) is 0.402. The molecule has 1 atom stereocenters. The first-order chi connectivity index (χ1) is 10.3. The minimum absolute atomic E-state index is 0.282. The highest BCUT2D eigenvalue weighted by Gasteiger charge is 2.35. The molecule has 124 valence electrons. The molecule has 3 nitrogen and oxygen atoms in total. The number of aliphatic hydroxyl groups excluding tert-OH is 1. The van der Waals surface area contributed by atoms with Gasteiger partial charge in [-0.15, -0.1) is 0 Å². The lowest BCUT2D eigenvalue weighted by Crippen LogP contribution is -2.52. The Kier molecular flexibility index (Phi) is 9.94. The fraction of sp³-hybridized carbons (Fsp3) is 0.944. The van der Waals surface area contributed by atoms with Gasteiger partial charge in [-0.2, -0.15) is 0 Å². The van der Waals surface area contributed by atoms with Crippen molar-refractivity contribution in [3.8, 4) is 0 Å². The molecule has 0 aromatic rings. The second-order valence-electron chi connectivity index (χ2n) is 6.51. The maximum atomic E-state index is 9.30. The summed E-state index contributed by atoms with van der Waals surface area (Å²) >= 11 is 0. The van der Waals surface area contributed by atoms with Crippen LogP contribution in [0.1, 0.15) is 78.1 Å². The van der Waals surface area contributed by atoms with Crippen LogP contribution in [-0.4, -0.2) is 48.2 Å². The lowest BCUT2D eigenvalue weighted by Gasteiger charge is -2.33. The van der Waals surface area contributed by atoms with Crippen LogP contribution in [0.15, 0.2) is 4.99 Å². The summed E-state index contributed by atoms with van der Waals surface area (Å²) in [5, 5.41) is 9.30. The van der Waals surface area contributed by atoms with Crippen molar-refractivity contribution < 1.29 is 9.59 Å². The van der Waals surface area contributed by atoms with Gasteiger partial charge in [0.15, 0.2) is 5.84 Å². The number of quaternary nitrogens is 1. The van der Waals surface area contributed by atoms with Gasteiger partial charge in [-0.3, -0.25) is 4.48 Å². The minimum Gasteiger partial charge on any atom is -0.390 e. The highest BCUT2D eigenvalue weighted by Crippen LogP contribution is 2.20. The van der Waals surface area contributed by atoms with Crippen molar-refractivity contribution in [1.82, 2.24) is 0 Å². The monoisotopic (exact) mass is 297 g/mol. The number of aliphatic hydroxyl groups is 1. The van der Waals surface area contributed by atoms with Gasteiger partial charge in [-0.1, -0.05) is 58.3 Å². The van der Waals surface area contributed by atoms with Crippen LogP contribution in [-0.2, 0) is 0 Å². The molecule has 0 amide bonds. The lowest BCUT2D eigenvalue weighted by molar-refractivity contribution is -0.835. The van der Waals surface area contributed by atoms with Crippen LogP contribution in [0, 0.1) is 0 Å². The molecule has 1 aliphatic heterocycles. The van der Waals surface area contributed by atoms with Gasteiger partial charge in [-0.25, -0.2) is 4.99 Å². The maximum absolute atomic E-state index is 9.30. The van der Waals surface area contributed by atoms with Gasteiger partial charge < -0.3 is 5.11 Å². The Labute approximate surface area is 132 Å². The number of unbranched alkanes of at least 4 members (excludes halogenated alkanes) is 8. The Morgan fingerprint density at radius 3 is 2.14 bits per heavy atom. The van der Waals surface area contributed by atoms with Crippen LogP contribution in [0.2, 0.25) is 0 Å². The maximum Gasteiger partial charge on any atom is 0.198 e. The second kappa shape index (κ2) is 11.2. The molecule has 1 N–H and O–H groups in total. The summed E-state index contributed by atoms with van der Waals surface area (Å²) in [5.41, 5.74) is 0. The van der Waals surface area contributed by atoms with Crippen molar-refractivity contribution in [3.05, 3.63) is 0 Å². The number of hydrogen-bond acceptors (Lipinski definition) is 2. The highest BCUT2D eigenvalue weighted by molar-refractivity contribution is 5.76. The smallest absolute Gasteiger partial charge is 0.198 e. The fourth-order valence-electron chi connectivity index (χ4n) is 3.49. The lowest BCUT2D eigenvalue weighted by atomic mass is 10.1. The van der Waals surface area contributed by atoms with E-state index in [1.807, 2.05) is 0 Å². The molecule has 0 bridgehead atoms. The van der Waals surface area contributed by atoms with E-state index in [0.29, 0.717) is 0 Å². The minimum atomic E-state index is 0.282. The van der Waals surface area contributed by atoms with E-state index in [4.69, 9.17) is 4.99 Å². The molecule has 0 spiro atoms. The van der Waals surface area contributed by atoms with Crippen LogP contribution in [0.5, 0.6) is 0 Å². The molecule has 0 aliphatic carbocycles. The Balaban J connectivity index is 2.09. The molecule has 1 rings (SSSR count). The zero-order valence-electron chi connectivity index (χ0n) is 14.4. The fourth-order valence-corrected chi connectivity index (χ4v) is 3.49. The first kappa shape index (κ1) is 18.6. The zero-order chi connectivity index (χ0) is 15.4. The van der Waals surface area contributed by atoms with Crippen molar-refractivity contribution in [1.29, 1.82) is 0 Å². The Hall–Kier alpha value is -0.410. The van der Waals surface area contributed by atoms with Gasteiger partial charge in [0.1, 0.15) is 13.1 Å². The second-order valence-corrected chi connectivity index (χ2v) is 6.51. The van der Waals surface area contributed by atoms with E-state index in [0.717, 1.165) is 37.1 Å². The molecular formula is C18H37N2O+. The van der Waals surface area contributed by atoms with Crippen LogP contribution < -0.4 is 0 Å². The van der Waals surface area contributed by atoms with Crippen molar-refractivity contribution in [2.24, 2.45) is 4.99 Å². The molecule has 0 radical (unpaired) electrons. The average Bonchev–Trinajstić information content (AvgIpc) is 2.89. The summed E-state index contributed by atoms with van der Waals surface area (Å²) in [6, 6.07) is 0. The van der Waals surface area contributed by atoms with Gasteiger partial charge in [0.2, 0.25) is 0 Å². The van der Waals surface area contributed by atoms with Crippen molar-refractivity contribution in [3.63, 3.8) is 0 Å². The van der Waals surface area contributed by atoms with Crippen LogP contribution in [0.4, 0.5) is 0 Å². The Morgan fingerprint density at radius 2 is 1.57 bits per heavy atom. The summed E-state index contributed by atoms with van der Waals surface area (Å²) in [5.74, 6) is 1.36. The van der Waals surface area contributed by atoms with Gasteiger partial charge in [0.05, 0.1) is 19.7 Å². The number of aliphatic imine (C=N–C) groups is 1. The number of rotatable bonds is 13. The van der Waals surface area contributed by atoms with E-state index < -0.39 is 0 Å². The summed E-state index contributed by atoms with van der Waals surface area (Å²) in [6.07, 6.45) is 13.6. The third-order valence-corrected chi connectivity index (χ3v) is 5.01. The molecule has 0 fully saturated rings. The molecule has 0 aromatic carbocycles. The molecule has 0 saturated carbocycles. The average molecular weight is 298 g/mol. The van der Waals surface area contributed by atoms with Crippen molar-refractivity contribution in [2.45, 2.75) is 78.1 Å². The van der Waals surface area contributed by atoms with Crippen LogP contribution >= 0.6 is 0 Å². The third-order valence-electron chi connectivity index (χ3n) is 5.01. The SMILES string of the molecule is CCCCCCCCCCCC1=NCC[N+]1(CC)CCO. The number of nitrogens with zero attached hydrogens (tertiary/aromatic N) is 2. The van der Waals surface area contributed by atoms with Crippen molar-refractivity contribution in [2.75, 3.05) is 32.8 Å². The molecule has 1 unspecified atom stereocenters. The first-order valence-corrected chi connectivity index (χ1v) is 9.30. The van der Waals surface area contributed by atoms with Crippen molar-refractivity contribution >= 4 is 5.84 Å². The van der Waals surface area contributed by atoms with E-state index in [9.17, 15) is 5.11 Å². The largest absolute Gasteiger partial charge is 0.390 e. The van der Waals surface area contributed by atoms with Crippen LogP contribution in [0.3, 0.4) is 0 Å². The van der Waals surface area contributed by atoms with Gasteiger partial charge >= 0.3 is 0 Å². The van der Waals surface area contributed by atoms with Gasteiger partial charge in [0.25, 0.3) is 0 Å². The molecule has 0 aromatic heterocycles. The predicted molar refractivity (Wildman–Crippen MR) is 91.8 cm³/mol. The first-order valence-electron chi connectivity index (χ1n) is 9.30. The van der Waals surface area contributed by atoms with E-state index in [-0.39, 0.29) is 6.61 Å². The third kappa shape index (κ3) is 6.48. The summed E-state index contributed by atoms with van der Waals surface area (Å²) < 4.78 is 0.952. The zero-order valence-corrected chi connectivity index (χ0v) is 14.4. The Morgan fingerprint density at radius 1 is 0.952 bits per heavy atom. The Bertz CT molecular complexity index is 291. The standard InChI is InChI=1S/C18H37N2O/c1-3-5-6-7-8-9-10-11-12-13-18-19-14-15-20(18,4-2)16-17-21/h21H,3-17H2,1-2H3/q+1. The molecule has 1 heterocycles.